The van der Waals surface area contributed by atoms with E-state index in [1.807, 2.05) is 19.1 Å². The third kappa shape index (κ3) is 5.91. The number of ketones is 1. The summed E-state index contributed by atoms with van der Waals surface area (Å²) in [6, 6.07) is 7.15. The van der Waals surface area contributed by atoms with Crippen LogP contribution >= 0.6 is 11.6 Å². The van der Waals surface area contributed by atoms with Crippen molar-refractivity contribution in [3.05, 3.63) is 64.2 Å². The lowest BCUT2D eigenvalue weighted by Gasteiger charge is -2.23. The quantitative estimate of drug-likeness (QED) is 0.280. The van der Waals surface area contributed by atoms with Gasteiger partial charge in [-0.2, -0.15) is 0 Å². The van der Waals surface area contributed by atoms with Gasteiger partial charge >= 0.3 is 5.97 Å². The van der Waals surface area contributed by atoms with Gasteiger partial charge in [-0.25, -0.2) is 15.0 Å². The molecule has 9 heteroatoms. The lowest BCUT2D eigenvalue weighted by Crippen LogP contribution is -2.22. The second-order valence-corrected chi connectivity index (χ2v) is 9.79. The summed E-state index contributed by atoms with van der Waals surface area (Å²) in [5.74, 6) is 0.206. The highest BCUT2D eigenvalue weighted by atomic mass is 35.5. The molecule has 1 N–H and O–H groups in total. The first-order valence-corrected chi connectivity index (χ1v) is 12.6. The van der Waals surface area contributed by atoms with Crippen molar-refractivity contribution in [2.24, 2.45) is 11.8 Å². The maximum absolute atomic E-state index is 12.9. The molecule has 4 rings (SSSR count). The van der Waals surface area contributed by atoms with Crippen LogP contribution in [0.25, 0.3) is 11.3 Å². The summed E-state index contributed by atoms with van der Waals surface area (Å²) in [7, 11) is 2.91. The zero-order valence-electron chi connectivity index (χ0n) is 21.3. The molecule has 1 aliphatic rings. The number of ether oxygens (including phenoxy) is 2. The summed E-state index contributed by atoms with van der Waals surface area (Å²) in [4.78, 5) is 38.0. The monoisotopic (exact) mass is 523 g/mol. The number of aromatic hydroxyl groups is 1. The number of Topliss-reactive ketones (excluding diaryl/α,β-unsaturated/α-hetero) is 1. The van der Waals surface area contributed by atoms with Gasteiger partial charge in [-0.3, -0.25) is 9.59 Å². The van der Waals surface area contributed by atoms with Crippen LogP contribution in [0, 0.1) is 18.8 Å². The van der Waals surface area contributed by atoms with E-state index in [4.69, 9.17) is 21.1 Å². The van der Waals surface area contributed by atoms with E-state index in [2.05, 4.69) is 15.0 Å². The number of benzene rings is 1. The highest BCUT2D eigenvalue weighted by Gasteiger charge is 2.39. The van der Waals surface area contributed by atoms with E-state index in [1.54, 1.807) is 19.1 Å². The number of rotatable bonds is 10. The molecule has 1 aromatic carbocycles. The Labute approximate surface area is 221 Å². The minimum Gasteiger partial charge on any atom is -0.508 e. The maximum Gasteiger partial charge on any atom is 0.309 e. The molecule has 0 saturated heterocycles. The summed E-state index contributed by atoms with van der Waals surface area (Å²) in [6.45, 7) is 3.59. The topological polar surface area (TPSA) is 112 Å². The van der Waals surface area contributed by atoms with Crippen molar-refractivity contribution in [1.29, 1.82) is 0 Å². The van der Waals surface area contributed by atoms with Crippen LogP contribution in [-0.4, -0.2) is 46.0 Å². The minimum absolute atomic E-state index is 0.000613. The number of esters is 1. The van der Waals surface area contributed by atoms with Crippen molar-refractivity contribution >= 4 is 23.4 Å². The molecule has 1 fully saturated rings. The van der Waals surface area contributed by atoms with Gasteiger partial charge in [0.05, 0.1) is 48.9 Å². The second kappa shape index (κ2) is 11.3. The van der Waals surface area contributed by atoms with Crippen molar-refractivity contribution in [2.75, 3.05) is 14.2 Å². The van der Waals surface area contributed by atoms with Crippen LogP contribution in [-0.2, 0) is 16.0 Å². The van der Waals surface area contributed by atoms with Gasteiger partial charge in [0.1, 0.15) is 11.4 Å². The summed E-state index contributed by atoms with van der Waals surface area (Å²) in [6.07, 6.45) is 5.62. The first-order chi connectivity index (χ1) is 17.7. The van der Waals surface area contributed by atoms with Gasteiger partial charge in [-0.05, 0) is 55.2 Å². The zero-order chi connectivity index (χ0) is 26.7. The van der Waals surface area contributed by atoms with E-state index in [0.29, 0.717) is 45.8 Å². The molecule has 0 spiro atoms. The molecule has 2 unspecified atom stereocenters. The number of aromatic nitrogens is 3. The summed E-state index contributed by atoms with van der Waals surface area (Å²) >= 11 is 6.27. The number of halogens is 1. The van der Waals surface area contributed by atoms with Crippen LogP contribution < -0.4 is 4.74 Å². The van der Waals surface area contributed by atoms with Gasteiger partial charge in [0, 0.05) is 18.1 Å². The van der Waals surface area contributed by atoms with E-state index in [9.17, 15) is 14.7 Å². The van der Waals surface area contributed by atoms with Crippen molar-refractivity contribution in [3.8, 4) is 22.9 Å². The summed E-state index contributed by atoms with van der Waals surface area (Å²) in [5.41, 5.74) is 3.46. The average Bonchev–Trinajstić information content (AvgIpc) is 3.73. The standard InChI is InChI=1S/C28H30ClN3O5/c1-15(28(35)37-4)26(18-6-7-18)19-8-5-17(24(34)11-19)9-10-23(33)27-16(2)32-22(14-31-27)20-12-25(36-3)30-13-21(20)29/h5,8,11-15,18,26,34H,6-7,9-10H2,1-4H3. The first-order valence-electron chi connectivity index (χ1n) is 12.2. The number of hydrogen-bond acceptors (Lipinski definition) is 8. The van der Waals surface area contributed by atoms with Gasteiger partial charge in [0.25, 0.3) is 0 Å². The van der Waals surface area contributed by atoms with Crippen LogP contribution in [0.15, 0.2) is 36.7 Å². The molecule has 0 bridgehead atoms. The van der Waals surface area contributed by atoms with E-state index >= 15 is 0 Å². The number of phenolic OH excluding ortho intramolecular Hbond substituents is 1. The predicted molar refractivity (Wildman–Crippen MR) is 139 cm³/mol. The fraction of sp³-hybridized carbons (Fsp3) is 0.393. The zero-order valence-corrected chi connectivity index (χ0v) is 22.1. The lowest BCUT2D eigenvalue weighted by atomic mass is 9.82. The highest BCUT2D eigenvalue weighted by Crippen LogP contribution is 2.47. The van der Waals surface area contributed by atoms with Crippen LogP contribution in [0.4, 0.5) is 0 Å². The fourth-order valence-electron chi connectivity index (χ4n) is 4.74. The normalized spacial score (nSPS) is 14.6. The largest absolute Gasteiger partial charge is 0.508 e. The lowest BCUT2D eigenvalue weighted by molar-refractivity contribution is -0.145. The van der Waals surface area contributed by atoms with E-state index in [0.717, 1.165) is 18.4 Å². The van der Waals surface area contributed by atoms with E-state index < -0.39 is 0 Å². The van der Waals surface area contributed by atoms with Gasteiger partial charge in [0.15, 0.2) is 5.78 Å². The molecule has 0 aliphatic heterocycles. The predicted octanol–water partition coefficient (Wildman–Crippen LogP) is 5.33. The van der Waals surface area contributed by atoms with Gasteiger partial charge in [-0.15, -0.1) is 0 Å². The Hall–Kier alpha value is -3.52. The Balaban J connectivity index is 1.46. The minimum atomic E-state index is -0.294. The Bertz CT molecular complexity index is 1330. The number of hydrogen-bond donors (Lipinski definition) is 1. The molecular formula is C28H30ClN3O5. The highest BCUT2D eigenvalue weighted by molar-refractivity contribution is 6.33. The van der Waals surface area contributed by atoms with Crippen molar-refractivity contribution in [2.45, 2.75) is 45.4 Å². The van der Waals surface area contributed by atoms with Crippen LogP contribution in [0.2, 0.25) is 5.02 Å². The Morgan fingerprint density at radius 2 is 1.92 bits per heavy atom. The molecule has 2 atom stereocenters. The summed E-state index contributed by atoms with van der Waals surface area (Å²) in [5, 5.41) is 11.1. The number of pyridine rings is 1. The molecule has 1 saturated carbocycles. The number of nitrogens with zero attached hydrogens (tertiary/aromatic N) is 3. The first kappa shape index (κ1) is 26.5. The molecule has 8 nitrogen and oxygen atoms in total. The molecule has 0 amide bonds. The number of methoxy groups -OCH3 is 2. The van der Waals surface area contributed by atoms with Gasteiger partial charge in [-0.1, -0.05) is 30.7 Å². The molecule has 2 heterocycles. The van der Waals surface area contributed by atoms with E-state index in [-0.39, 0.29) is 41.5 Å². The van der Waals surface area contributed by atoms with E-state index in [1.165, 1.54) is 26.6 Å². The number of aryl methyl sites for hydroxylation is 2. The maximum atomic E-state index is 12.9. The molecule has 37 heavy (non-hydrogen) atoms. The average molecular weight is 524 g/mol. The molecule has 2 aromatic heterocycles. The molecular weight excluding hydrogens is 494 g/mol. The van der Waals surface area contributed by atoms with Gasteiger partial charge in [0.2, 0.25) is 5.88 Å². The molecule has 1 aliphatic carbocycles. The summed E-state index contributed by atoms with van der Waals surface area (Å²) < 4.78 is 10.1. The smallest absolute Gasteiger partial charge is 0.309 e. The fourth-order valence-corrected chi connectivity index (χ4v) is 4.94. The molecule has 194 valence electrons. The Kier molecular flexibility index (Phi) is 8.07. The number of phenols is 1. The van der Waals surface area contributed by atoms with Crippen molar-refractivity contribution in [3.63, 3.8) is 0 Å². The van der Waals surface area contributed by atoms with Crippen LogP contribution in [0.1, 0.15) is 59.4 Å². The second-order valence-electron chi connectivity index (χ2n) is 9.38. The third-order valence-corrected chi connectivity index (χ3v) is 7.18. The van der Waals surface area contributed by atoms with Crippen LogP contribution in [0.5, 0.6) is 11.6 Å². The number of carbonyl (C=O) groups is 2. The van der Waals surface area contributed by atoms with Crippen LogP contribution in [0.3, 0.4) is 0 Å². The third-order valence-electron chi connectivity index (χ3n) is 6.88. The van der Waals surface area contributed by atoms with Crippen molar-refractivity contribution in [1.82, 2.24) is 15.0 Å². The van der Waals surface area contributed by atoms with Gasteiger partial charge < -0.3 is 14.6 Å². The SMILES string of the molecule is COC(=O)C(C)C(c1ccc(CCC(=O)c2ncc(-c3cc(OC)ncc3Cl)nc2C)c(O)c1)C1CC1. The molecule has 0 radical (unpaired) electrons. The molecule has 3 aromatic rings. The Morgan fingerprint density at radius 3 is 2.54 bits per heavy atom. The van der Waals surface area contributed by atoms with Crippen molar-refractivity contribution < 1.29 is 24.2 Å². The number of carbonyl (C=O) groups excluding carboxylic acids is 2. The Morgan fingerprint density at radius 1 is 1.16 bits per heavy atom.